The first kappa shape index (κ1) is 10.2. The molecule has 0 amide bonds. The van der Waals surface area contributed by atoms with Gasteiger partial charge < -0.3 is 9.84 Å². The molecule has 64 valence electrons. The van der Waals surface area contributed by atoms with Crippen LogP contribution in [0.4, 0.5) is 0 Å². The van der Waals surface area contributed by atoms with E-state index in [2.05, 4.69) is 16.9 Å². The van der Waals surface area contributed by atoms with Crippen LogP contribution in [0.5, 0.6) is 0 Å². The molecule has 3 heteroatoms. The number of carbonyl (C=O) groups is 1. The first-order valence-corrected chi connectivity index (χ1v) is 3.66. The average Bonchev–Trinajstić information content (AvgIpc) is 2.41. The van der Waals surface area contributed by atoms with E-state index in [0.29, 0.717) is 0 Å². The topological polar surface area (TPSA) is 46.5 Å². The molecule has 0 unspecified atom stereocenters. The van der Waals surface area contributed by atoms with Gasteiger partial charge in [0.05, 0.1) is 0 Å². The lowest BCUT2D eigenvalue weighted by atomic mass is 10.4. The summed E-state index contributed by atoms with van der Waals surface area (Å²) in [6, 6.07) is 0. The predicted molar refractivity (Wildman–Crippen MR) is 41.8 cm³/mol. The minimum atomic E-state index is -0.519. The Morgan fingerprint density at radius 3 is 2.18 bits per heavy atom. The molecule has 0 aromatic carbocycles. The largest absolute Gasteiger partial charge is 0.439 e. The van der Waals surface area contributed by atoms with Gasteiger partial charge in [-0.25, -0.2) is 0 Å². The van der Waals surface area contributed by atoms with E-state index in [-0.39, 0.29) is 0 Å². The Hall–Kier alpha value is -0.830. The lowest BCUT2D eigenvalue weighted by Crippen LogP contribution is -1.97. The summed E-state index contributed by atoms with van der Waals surface area (Å²) in [5.74, 6) is -0.461. The van der Waals surface area contributed by atoms with Crippen LogP contribution in [0.1, 0.15) is 26.2 Å². The number of aliphatic hydroxyl groups excluding tert-OH is 1. The minimum absolute atomic E-state index is 0.461. The summed E-state index contributed by atoms with van der Waals surface area (Å²) in [5.41, 5.74) is 0. The molecule has 3 nitrogen and oxygen atoms in total. The highest BCUT2D eigenvalue weighted by molar-refractivity contribution is 5.65. The Bertz CT molecular complexity index is 123. The fraction of sp³-hybridized carbons (Fsp3) is 0.625. The Kier molecular flexibility index (Phi) is 6.73. The van der Waals surface area contributed by atoms with E-state index in [1.165, 1.54) is 26.2 Å². The van der Waals surface area contributed by atoms with Crippen molar-refractivity contribution in [2.24, 2.45) is 0 Å². The van der Waals surface area contributed by atoms with Crippen LogP contribution in [0.3, 0.4) is 0 Å². The third kappa shape index (κ3) is 9.17. The van der Waals surface area contributed by atoms with E-state index >= 15 is 0 Å². The van der Waals surface area contributed by atoms with Gasteiger partial charge in [0.15, 0.2) is 6.79 Å². The maximum atomic E-state index is 9.66. The smallest absolute Gasteiger partial charge is 0.304 e. The van der Waals surface area contributed by atoms with Crippen molar-refractivity contribution in [2.75, 3.05) is 6.79 Å². The van der Waals surface area contributed by atoms with Crippen molar-refractivity contribution in [3.8, 4) is 0 Å². The van der Waals surface area contributed by atoms with Crippen LogP contribution in [0.2, 0.25) is 0 Å². The quantitative estimate of drug-likeness (QED) is 0.354. The Balaban J connectivity index is 0.000000183. The van der Waals surface area contributed by atoms with Gasteiger partial charge >= 0.3 is 5.97 Å². The molecule has 0 spiro atoms. The summed E-state index contributed by atoms with van der Waals surface area (Å²) in [7, 11) is 0. The fourth-order valence-corrected chi connectivity index (χ4v) is 0.680. The van der Waals surface area contributed by atoms with Gasteiger partial charge in [-0.1, -0.05) is 12.2 Å². The Morgan fingerprint density at radius 1 is 1.55 bits per heavy atom. The van der Waals surface area contributed by atoms with E-state index < -0.39 is 12.8 Å². The number of hydrogen-bond acceptors (Lipinski definition) is 3. The Labute approximate surface area is 66.7 Å². The van der Waals surface area contributed by atoms with Crippen LogP contribution in [0, 0.1) is 0 Å². The highest BCUT2D eigenvalue weighted by Gasteiger charge is 1.84. The molecule has 1 aliphatic rings. The highest BCUT2D eigenvalue weighted by Crippen LogP contribution is 2.05. The summed E-state index contributed by atoms with van der Waals surface area (Å²) < 4.78 is 3.96. The van der Waals surface area contributed by atoms with Crippen molar-refractivity contribution in [3.05, 3.63) is 12.2 Å². The molecule has 1 aliphatic carbocycles. The van der Waals surface area contributed by atoms with Crippen LogP contribution < -0.4 is 0 Å². The van der Waals surface area contributed by atoms with Crippen LogP contribution in [0.15, 0.2) is 12.2 Å². The zero-order valence-electron chi connectivity index (χ0n) is 6.75. The standard InChI is InChI=1S/C5H8.C3H6O3/c1-2-4-5-3-1;1-3(5)6-2-4/h1-2H,3-5H2;4H,2H2,1H3. The van der Waals surface area contributed by atoms with Crippen molar-refractivity contribution in [2.45, 2.75) is 26.2 Å². The molecular formula is C8H14O3. The van der Waals surface area contributed by atoms with E-state index in [9.17, 15) is 4.79 Å². The number of carbonyl (C=O) groups excluding carboxylic acids is 1. The molecule has 0 saturated heterocycles. The summed E-state index contributed by atoms with van der Waals surface area (Å²) in [4.78, 5) is 9.66. The molecule has 0 heterocycles. The summed E-state index contributed by atoms with van der Waals surface area (Å²) >= 11 is 0. The molecule has 0 saturated carbocycles. The van der Waals surface area contributed by atoms with Gasteiger partial charge in [0, 0.05) is 6.92 Å². The first-order chi connectivity index (χ1) is 5.27. The van der Waals surface area contributed by atoms with Crippen molar-refractivity contribution in [1.29, 1.82) is 0 Å². The molecule has 1 N–H and O–H groups in total. The van der Waals surface area contributed by atoms with E-state index in [1.807, 2.05) is 0 Å². The summed E-state index contributed by atoms with van der Waals surface area (Å²) in [5, 5.41) is 7.79. The van der Waals surface area contributed by atoms with Gasteiger partial charge in [0.1, 0.15) is 0 Å². The van der Waals surface area contributed by atoms with Gasteiger partial charge in [-0.3, -0.25) is 4.79 Å². The number of esters is 1. The first-order valence-electron chi connectivity index (χ1n) is 3.66. The number of hydrogen-bond donors (Lipinski definition) is 1. The molecule has 0 radical (unpaired) electrons. The number of ether oxygens (including phenoxy) is 1. The Morgan fingerprint density at radius 2 is 2.09 bits per heavy atom. The summed E-state index contributed by atoms with van der Waals surface area (Å²) in [6.45, 7) is 0.714. The lowest BCUT2D eigenvalue weighted by Gasteiger charge is -1.88. The van der Waals surface area contributed by atoms with E-state index in [4.69, 9.17) is 5.11 Å². The molecule has 11 heavy (non-hydrogen) atoms. The minimum Gasteiger partial charge on any atom is -0.439 e. The van der Waals surface area contributed by atoms with Crippen molar-refractivity contribution >= 4 is 5.97 Å². The van der Waals surface area contributed by atoms with Gasteiger partial charge in [-0.2, -0.15) is 0 Å². The lowest BCUT2D eigenvalue weighted by molar-refractivity contribution is -0.148. The highest BCUT2D eigenvalue weighted by atomic mass is 16.6. The van der Waals surface area contributed by atoms with E-state index in [1.54, 1.807) is 0 Å². The zero-order valence-corrected chi connectivity index (χ0v) is 6.75. The SMILES string of the molecule is C1=CCCC1.CC(=O)OCO. The molecule has 0 bridgehead atoms. The van der Waals surface area contributed by atoms with Gasteiger partial charge in [0.2, 0.25) is 0 Å². The van der Waals surface area contributed by atoms with Gasteiger partial charge in [0.25, 0.3) is 0 Å². The predicted octanol–water partition coefficient (Wildman–Crippen LogP) is 1.23. The van der Waals surface area contributed by atoms with Crippen molar-refractivity contribution < 1.29 is 14.6 Å². The second-order valence-electron chi connectivity index (χ2n) is 2.17. The maximum absolute atomic E-state index is 9.66. The van der Waals surface area contributed by atoms with Gasteiger partial charge in [-0.15, -0.1) is 0 Å². The van der Waals surface area contributed by atoms with Crippen LogP contribution >= 0.6 is 0 Å². The molecule has 0 aromatic rings. The third-order valence-corrected chi connectivity index (χ3v) is 1.18. The third-order valence-electron chi connectivity index (χ3n) is 1.18. The van der Waals surface area contributed by atoms with E-state index in [0.717, 1.165) is 0 Å². The number of aliphatic hydroxyl groups is 1. The molecule has 0 aliphatic heterocycles. The summed E-state index contributed by atoms with van der Waals surface area (Å²) in [6.07, 6.45) is 8.50. The molecule has 0 fully saturated rings. The average molecular weight is 158 g/mol. The molecule has 1 rings (SSSR count). The van der Waals surface area contributed by atoms with Crippen LogP contribution in [-0.2, 0) is 9.53 Å². The number of allylic oxidation sites excluding steroid dienone is 2. The fourth-order valence-electron chi connectivity index (χ4n) is 0.680. The maximum Gasteiger partial charge on any atom is 0.304 e. The normalized spacial score (nSPS) is 13.6. The van der Waals surface area contributed by atoms with Gasteiger partial charge in [-0.05, 0) is 19.3 Å². The zero-order chi connectivity index (χ0) is 8.53. The molecular weight excluding hydrogens is 144 g/mol. The van der Waals surface area contributed by atoms with Crippen LogP contribution in [0.25, 0.3) is 0 Å². The molecule has 0 aromatic heterocycles. The van der Waals surface area contributed by atoms with Crippen molar-refractivity contribution in [1.82, 2.24) is 0 Å². The number of rotatable bonds is 1. The second-order valence-corrected chi connectivity index (χ2v) is 2.17. The van der Waals surface area contributed by atoms with Crippen molar-refractivity contribution in [3.63, 3.8) is 0 Å². The van der Waals surface area contributed by atoms with Crippen LogP contribution in [-0.4, -0.2) is 17.9 Å². The molecule has 0 atom stereocenters. The monoisotopic (exact) mass is 158 g/mol. The second kappa shape index (κ2) is 7.28.